The Labute approximate surface area is 114 Å². The molecule has 0 atom stereocenters. The molecule has 0 radical (unpaired) electrons. The summed E-state index contributed by atoms with van der Waals surface area (Å²) in [7, 11) is 0. The minimum atomic E-state index is -0.125. The quantitative estimate of drug-likeness (QED) is 0.853. The van der Waals surface area contributed by atoms with Crippen LogP contribution in [0.2, 0.25) is 5.02 Å². The number of pyridine rings is 1. The second-order valence-electron chi connectivity index (χ2n) is 3.79. The van der Waals surface area contributed by atoms with Crippen molar-refractivity contribution < 1.29 is 5.11 Å². The first-order valence-electron chi connectivity index (χ1n) is 5.57. The van der Waals surface area contributed by atoms with Gasteiger partial charge in [0.25, 0.3) is 5.56 Å². The number of rotatable bonds is 5. The lowest BCUT2D eigenvalue weighted by molar-refractivity contribution is 0.296. The molecule has 4 nitrogen and oxygen atoms in total. The van der Waals surface area contributed by atoms with Crippen molar-refractivity contribution in [3.8, 4) is 0 Å². The monoisotopic (exact) mass is 284 g/mol. The average Bonchev–Trinajstić information content (AvgIpc) is 2.36. The van der Waals surface area contributed by atoms with E-state index >= 15 is 0 Å². The van der Waals surface area contributed by atoms with Crippen LogP contribution >= 0.6 is 23.4 Å². The number of fused-ring (bicyclic) bond motifs is 1. The standard InChI is InChI=1S/C12H13ClN2O2S/c13-9-2-3-11-14-10(8-18-5-1-4-16)6-12(17)15(11)7-9/h2-3,6-7,16H,1,4-5,8H2. The summed E-state index contributed by atoms with van der Waals surface area (Å²) in [4.78, 5) is 16.3. The largest absolute Gasteiger partial charge is 0.396 e. The predicted molar refractivity (Wildman–Crippen MR) is 74.3 cm³/mol. The van der Waals surface area contributed by atoms with Gasteiger partial charge in [0.05, 0.1) is 10.7 Å². The molecule has 0 saturated carbocycles. The van der Waals surface area contributed by atoms with E-state index < -0.39 is 0 Å². The Balaban J connectivity index is 2.21. The number of aromatic nitrogens is 2. The number of aliphatic hydroxyl groups is 1. The zero-order valence-corrected chi connectivity index (χ0v) is 11.2. The molecular formula is C12H13ClN2O2S. The fourth-order valence-electron chi connectivity index (χ4n) is 1.54. The number of aliphatic hydroxyl groups excluding tert-OH is 1. The summed E-state index contributed by atoms with van der Waals surface area (Å²) in [6.45, 7) is 0.194. The highest BCUT2D eigenvalue weighted by atomic mass is 35.5. The van der Waals surface area contributed by atoms with Crippen LogP contribution in [-0.4, -0.2) is 26.9 Å². The van der Waals surface area contributed by atoms with E-state index in [1.807, 2.05) is 0 Å². The molecule has 1 N–H and O–H groups in total. The molecule has 18 heavy (non-hydrogen) atoms. The first-order chi connectivity index (χ1) is 8.70. The summed E-state index contributed by atoms with van der Waals surface area (Å²) in [5.41, 5.74) is 1.23. The number of hydrogen-bond acceptors (Lipinski definition) is 4. The molecule has 6 heteroatoms. The van der Waals surface area contributed by atoms with Crippen LogP contribution in [0.5, 0.6) is 0 Å². The third kappa shape index (κ3) is 3.25. The molecule has 0 aliphatic rings. The Morgan fingerprint density at radius 1 is 1.44 bits per heavy atom. The molecule has 0 aliphatic heterocycles. The maximum Gasteiger partial charge on any atom is 0.258 e. The third-order valence-electron chi connectivity index (χ3n) is 2.37. The molecule has 0 saturated heterocycles. The van der Waals surface area contributed by atoms with Gasteiger partial charge in [-0.15, -0.1) is 0 Å². The molecule has 2 aromatic rings. The highest BCUT2D eigenvalue weighted by molar-refractivity contribution is 7.98. The topological polar surface area (TPSA) is 54.6 Å². The highest BCUT2D eigenvalue weighted by Gasteiger charge is 2.03. The fourth-order valence-corrected chi connectivity index (χ4v) is 2.54. The molecule has 0 bridgehead atoms. The summed E-state index contributed by atoms with van der Waals surface area (Å²) < 4.78 is 1.43. The number of halogens is 1. The minimum Gasteiger partial charge on any atom is -0.396 e. The Kier molecular flexibility index (Phi) is 4.63. The zero-order chi connectivity index (χ0) is 13.0. The Morgan fingerprint density at radius 3 is 3.06 bits per heavy atom. The lowest BCUT2D eigenvalue weighted by Gasteiger charge is -2.04. The van der Waals surface area contributed by atoms with Crippen molar-refractivity contribution in [2.24, 2.45) is 0 Å². The molecule has 0 aliphatic carbocycles. The summed E-state index contributed by atoms with van der Waals surface area (Å²) in [6, 6.07) is 4.97. The molecule has 0 aromatic carbocycles. The Hall–Kier alpha value is -1.04. The van der Waals surface area contributed by atoms with Gasteiger partial charge in [0.15, 0.2) is 0 Å². The van der Waals surface area contributed by atoms with Crippen LogP contribution < -0.4 is 5.56 Å². The van der Waals surface area contributed by atoms with Gasteiger partial charge in [-0.1, -0.05) is 11.6 Å². The van der Waals surface area contributed by atoms with Gasteiger partial charge >= 0.3 is 0 Å². The summed E-state index contributed by atoms with van der Waals surface area (Å²) in [5.74, 6) is 1.53. The first-order valence-corrected chi connectivity index (χ1v) is 7.10. The molecule has 0 fully saturated rings. The third-order valence-corrected chi connectivity index (χ3v) is 3.67. The Morgan fingerprint density at radius 2 is 2.28 bits per heavy atom. The van der Waals surface area contributed by atoms with Crippen LogP contribution in [0.25, 0.3) is 5.65 Å². The van der Waals surface area contributed by atoms with E-state index in [9.17, 15) is 4.79 Å². The molecule has 0 spiro atoms. The van der Waals surface area contributed by atoms with E-state index in [1.165, 1.54) is 10.5 Å². The van der Waals surface area contributed by atoms with Crippen LogP contribution in [0.15, 0.2) is 29.2 Å². The van der Waals surface area contributed by atoms with Crippen LogP contribution in [0.4, 0.5) is 0 Å². The summed E-state index contributed by atoms with van der Waals surface area (Å²) in [5, 5.41) is 9.19. The smallest absolute Gasteiger partial charge is 0.258 e. The molecule has 2 rings (SSSR count). The predicted octanol–water partition coefficient (Wildman–Crippen LogP) is 1.96. The van der Waals surface area contributed by atoms with Crippen molar-refractivity contribution in [1.29, 1.82) is 0 Å². The average molecular weight is 285 g/mol. The highest BCUT2D eigenvalue weighted by Crippen LogP contribution is 2.12. The maximum absolute atomic E-state index is 11.9. The van der Waals surface area contributed by atoms with Crippen molar-refractivity contribution in [1.82, 2.24) is 9.38 Å². The minimum absolute atomic E-state index is 0.125. The van der Waals surface area contributed by atoms with E-state index in [2.05, 4.69) is 4.98 Å². The van der Waals surface area contributed by atoms with Crippen molar-refractivity contribution in [3.63, 3.8) is 0 Å². The summed E-state index contributed by atoms with van der Waals surface area (Å²) >= 11 is 7.49. The van der Waals surface area contributed by atoms with Gasteiger partial charge in [0, 0.05) is 24.6 Å². The van der Waals surface area contributed by atoms with Crippen molar-refractivity contribution in [3.05, 3.63) is 45.5 Å². The molecule has 0 unspecified atom stereocenters. The van der Waals surface area contributed by atoms with Gasteiger partial charge < -0.3 is 5.11 Å². The van der Waals surface area contributed by atoms with E-state index in [4.69, 9.17) is 16.7 Å². The van der Waals surface area contributed by atoms with E-state index in [-0.39, 0.29) is 12.2 Å². The van der Waals surface area contributed by atoms with Crippen LogP contribution in [0, 0.1) is 0 Å². The molecule has 0 amide bonds. The maximum atomic E-state index is 11.9. The van der Waals surface area contributed by atoms with Gasteiger partial charge in [-0.25, -0.2) is 4.98 Å². The molecule has 2 heterocycles. The molecule has 2 aromatic heterocycles. The Bertz CT molecular complexity index is 600. The van der Waals surface area contributed by atoms with E-state index in [0.29, 0.717) is 16.4 Å². The lowest BCUT2D eigenvalue weighted by atomic mass is 10.4. The second-order valence-corrected chi connectivity index (χ2v) is 5.33. The first kappa shape index (κ1) is 13.4. The van der Waals surface area contributed by atoms with Gasteiger partial charge in [-0.2, -0.15) is 11.8 Å². The van der Waals surface area contributed by atoms with Crippen LogP contribution in [0.1, 0.15) is 12.1 Å². The number of nitrogens with zero attached hydrogens (tertiary/aromatic N) is 2. The van der Waals surface area contributed by atoms with Gasteiger partial charge in [-0.3, -0.25) is 9.20 Å². The molecule has 96 valence electrons. The normalized spacial score (nSPS) is 11.0. The van der Waals surface area contributed by atoms with Crippen LogP contribution in [0.3, 0.4) is 0 Å². The van der Waals surface area contributed by atoms with Gasteiger partial charge in [-0.05, 0) is 24.3 Å². The summed E-state index contributed by atoms with van der Waals surface area (Å²) in [6.07, 6.45) is 2.32. The van der Waals surface area contributed by atoms with Gasteiger partial charge in [0.2, 0.25) is 0 Å². The van der Waals surface area contributed by atoms with E-state index in [0.717, 1.165) is 17.9 Å². The number of hydrogen-bond donors (Lipinski definition) is 1. The van der Waals surface area contributed by atoms with Gasteiger partial charge in [0.1, 0.15) is 5.65 Å². The van der Waals surface area contributed by atoms with Crippen LogP contribution in [-0.2, 0) is 5.75 Å². The number of thioether (sulfide) groups is 1. The van der Waals surface area contributed by atoms with Crippen molar-refractivity contribution >= 4 is 29.0 Å². The van der Waals surface area contributed by atoms with Crippen molar-refractivity contribution in [2.45, 2.75) is 12.2 Å². The fraction of sp³-hybridized carbons (Fsp3) is 0.333. The molecular weight excluding hydrogens is 272 g/mol. The second kappa shape index (κ2) is 6.22. The SMILES string of the molecule is O=c1cc(CSCCCO)nc2ccc(Cl)cn12. The lowest BCUT2D eigenvalue weighted by Crippen LogP contribution is -2.15. The zero-order valence-electron chi connectivity index (χ0n) is 9.67. The van der Waals surface area contributed by atoms with E-state index in [1.54, 1.807) is 30.1 Å². The van der Waals surface area contributed by atoms with Crippen molar-refractivity contribution in [2.75, 3.05) is 12.4 Å².